The minimum Gasteiger partial charge on any atom is -0.342 e. The highest BCUT2D eigenvalue weighted by Crippen LogP contribution is 2.04. The van der Waals surface area contributed by atoms with Gasteiger partial charge in [-0.1, -0.05) is 0 Å². The maximum absolute atomic E-state index is 12.0. The topological polar surface area (TPSA) is 44.4 Å². The number of hydrogen-bond donors (Lipinski definition) is 2. The van der Waals surface area contributed by atoms with E-state index in [1.54, 1.807) is 0 Å². The number of nitrogens with zero attached hydrogens (tertiary/aromatic N) is 1. The van der Waals surface area contributed by atoms with Crippen LogP contribution in [-0.2, 0) is 4.79 Å². The molecule has 1 aliphatic rings. The summed E-state index contributed by atoms with van der Waals surface area (Å²) in [4.78, 5) is 13.8. The summed E-state index contributed by atoms with van der Waals surface area (Å²) >= 11 is 0. The smallest absolute Gasteiger partial charge is 0.239 e. The second-order valence-corrected chi connectivity index (χ2v) is 4.43. The van der Waals surface area contributed by atoms with Crippen molar-refractivity contribution in [2.45, 2.75) is 45.7 Å². The molecule has 1 amide bonds. The average molecular weight is 227 g/mol. The summed E-state index contributed by atoms with van der Waals surface area (Å²) in [5.41, 5.74) is 0. The van der Waals surface area contributed by atoms with E-state index in [4.69, 9.17) is 0 Å². The van der Waals surface area contributed by atoms with Gasteiger partial charge in [-0.25, -0.2) is 0 Å². The summed E-state index contributed by atoms with van der Waals surface area (Å²) in [6, 6.07) is 0.481. The Hall–Kier alpha value is -0.610. The van der Waals surface area contributed by atoms with Crippen LogP contribution in [0.25, 0.3) is 0 Å². The average Bonchev–Trinajstić information content (AvgIpc) is 2.80. The Balaban J connectivity index is 2.27. The second kappa shape index (κ2) is 6.86. The molecule has 2 unspecified atom stereocenters. The van der Waals surface area contributed by atoms with Crippen molar-refractivity contribution in [1.29, 1.82) is 0 Å². The van der Waals surface area contributed by atoms with Crippen LogP contribution in [0.2, 0.25) is 0 Å². The number of hydrogen-bond acceptors (Lipinski definition) is 3. The second-order valence-electron chi connectivity index (χ2n) is 4.43. The molecule has 0 aromatic rings. The molecular formula is C12H25N3O. The minimum absolute atomic E-state index is 0.0673. The van der Waals surface area contributed by atoms with Gasteiger partial charge in [-0.05, 0) is 40.2 Å². The van der Waals surface area contributed by atoms with Crippen LogP contribution in [0.3, 0.4) is 0 Å². The van der Waals surface area contributed by atoms with E-state index in [9.17, 15) is 4.79 Å². The Kier molecular flexibility index (Phi) is 5.77. The van der Waals surface area contributed by atoms with Gasteiger partial charge in [0.2, 0.25) is 5.91 Å². The lowest BCUT2D eigenvalue weighted by atomic mass is 10.2. The van der Waals surface area contributed by atoms with Gasteiger partial charge >= 0.3 is 0 Å². The highest BCUT2D eigenvalue weighted by Gasteiger charge is 2.20. The molecule has 1 rings (SSSR count). The lowest BCUT2D eigenvalue weighted by Crippen LogP contribution is -2.47. The number of amides is 1. The van der Waals surface area contributed by atoms with Crippen LogP contribution in [0.15, 0.2) is 0 Å². The fourth-order valence-electron chi connectivity index (χ4n) is 2.15. The lowest BCUT2D eigenvalue weighted by molar-refractivity contribution is -0.132. The molecule has 4 heteroatoms. The summed E-state index contributed by atoms with van der Waals surface area (Å²) in [5, 5.41) is 6.74. The van der Waals surface area contributed by atoms with Crippen molar-refractivity contribution in [2.24, 2.45) is 0 Å². The molecule has 0 aromatic carbocycles. The fraction of sp³-hybridized carbons (Fsp3) is 0.917. The minimum atomic E-state index is -0.0673. The van der Waals surface area contributed by atoms with Crippen molar-refractivity contribution >= 4 is 5.91 Å². The van der Waals surface area contributed by atoms with Gasteiger partial charge in [0.25, 0.3) is 0 Å². The summed E-state index contributed by atoms with van der Waals surface area (Å²) < 4.78 is 0. The molecule has 1 aliphatic heterocycles. The van der Waals surface area contributed by atoms with Crippen LogP contribution in [0, 0.1) is 0 Å². The lowest BCUT2D eigenvalue weighted by Gasteiger charge is -2.24. The van der Waals surface area contributed by atoms with Crippen molar-refractivity contribution in [3.8, 4) is 0 Å². The van der Waals surface area contributed by atoms with Gasteiger partial charge in [0.05, 0.1) is 6.04 Å². The van der Waals surface area contributed by atoms with Crippen LogP contribution in [0.5, 0.6) is 0 Å². The maximum atomic E-state index is 12.0. The first-order chi connectivity index (χ1) is 7.69. The third-order valence-corrected chi connectivity index (χ3v) is 3.28. The van der Waals surface area contributed by atoms with Gasteiger partial charge in [0.15, 0.2) is 0 Å². The summed E-state index contributed by atoms with van der Waals surface area (Å²) in [6.45, 7) is 9.60. The van der Waals surface area contributed by atoms with E-state index in [1.807, 2.05) is 25.7 Å². The summed E-state index contributed by atoms with van der Waals surface area (Å²) in [6.07, 6.45) is 2.48. The molecular weight excluding hydrogens is 202 g/mol. The number of carbonyl (C=O) groups excluding carboxylic acids is 1. The van der Waals surface area contributed by atoms with Crippen molar-refractivity contribution in [2.75, 3.05) is 26.2 Å². The molecule has 0 aliphatic carbocycles. The first-order valence-corrected chi connectivity index (χ1v) is 6.44. The first-order valence-electron chi connectivity index (χ1n) is 6.44. The van der Waals surface area contributed by atoms with E-state index in [-0.39, 0.29) is 11.9 Å². The molecule has 0 aromatic heterocycles. The van der Waals surface area contributed by atoms with E-state index >= 15 is 0 Å². The third kappa shape index (κ3) is 3.76. The van der Waals surface area contributed by atoms with E-state index in [2.05, 4.69) is 10.6 Å². The zero-order chi connectivity index (χ0) is 12.0. The molecule has 0 spiro atoms. The molecule has 1 fully saturated rings. The molecule has 2 atom stereocenters. The first kappa shape index (κ1) is 13.5. The molecule has 2 N–H and O–H groups in total. The quantitative estimate of drug-likeness (QED) is 0.698. The van der Waals surface area contributed by atoms with Crippen molar-refractivity contribution < 1.29 is 4.79 Å². The van der Waals surface area contributed by atoms with Crippen LogP contribution >= 0.6 is 0 Å². The zero-order valence-corrected chi connectivity index (χ0v) is 10.8. The van der Waals surface area contributed by atoms with Gasteiger partial charge in [-0.3, -0.25) is 4.79 Å². The predicted octanol–water partition coefficient (Wildman–Crippen LogP) is 0.585. The van der Waals surface area contributed by atoms with Crippen molar-refractivity contribution in [1.82, 2.24) is 15.5 Å². The highest BCUT2D eigenvalue weighted by molar-refractivity contribution is 5.81. The molecule has 4 nitrogen and oxygen atoms in total. The van der Waals surface area contributed by atoms with Crippen LogP contribution in [0.1, 0.15) is 33.6 Å². The molecule has 94 valence electrons. The normalized spacial score (nSPS) is 22.1. The Morgan fingerprint density at radius 3 is 2.69 bits per heavy atom. The van der Waals surface area contributed by atoms with E-state index in [1.165, 1.54) is 12.8 Å². The van der Waals surface area contributed by atoms with Gasteiger partial charge in [0, 0.05) is 25.7 Å². The van der Waals surface area contributed by atoms with E-state index in [0.29, 0.717) is 6.04 Å². The Labute approximate surface area is 98.8 Å². The molecule has 0 bridgehead atoms. The fourth-order valence-corrected chi connectivity index (χ4v) is 2.15. The van der Waals surface area contributed by atoms with Crippen LogP contribution in [-0.4, -0.2) is 49.1 Å². The number of rotatable bonds is 6. The van der Waals surface area contributed by atoms with E-state index < -0.39 is 0 Å². The Morgan fingerprint density at radius 2 is 2.19 bits per heavy atom. The number of carbonyl (C=O) groups is 1. The number of likely N-dealkylation sites (N-methyl/N-ethyl adjacent to an activating group) is 1. The standard InChI is InChI=1S/C12H25N3O/c1-4-15(5-2)12(16)10(3)14-9-11-7-6-8-13-11/h10-11,13-14H,4-9H2,1-3H3. The van der Waals surface area contributed by atoms with Gasteiger partial charge in [-0.2, -0.15) is 0 Å². The largest absolute Gasteiger partial charge is 0.342 e. The predicted molar refractivity (Wildman–Crippen MR) is 66.4 cm³/mol. The van der Waals surface area contributed by atoms with Gasteiger partial charge in [-0.15, -0.1) is 0 Å². The SMILES string of the molecule is CCN(CC)C(=O)C(C)NCC1CCCN1. The van der Waals surface area contributed by atoms with Gasteiger partial charge in [0.1, 0.15) is 0 Å². The molecule has 1 saturated heterocycles. The molecule has 1 heterocycles. The van der Waals surface area contributed by atoms with E-state index in [0.717, 1.165) is 26.2 Å². The number of nitrogens with one attached hydrogen (secondary N) is 2. The molecule has 16 heavy (non-hydrogen) atoms. The van der Waals surface area contributed by atoms with Crippen LogP contribution in [0.4, 0.5) is 0 Å². The van der Waals surface area contributed by atoms with Gasteiger partial charge < -0.3 is 15.5 Å². The molecule has 0 saturated carbocycles. The highest BCUT2D eigenvalue weighted by atomic mass is 16.2. The third-order valence-electron chi connectivity index (χ3n) is 3.28. The molecule has 0 radical (unpaired) electrons. The maximum Gasteiger partial charge on any atom is 0.239 e. The monoisotopic (exact) mass is 227 g/mol. The van der Waals surface area contributed by atoms with Crippen molar-refractivity contribution in [3.63, 3.8) is 0 Å². The Morgan fingerprint density at radius 1 is 1.50 bits per heavy atom. The Bertz CT molecular complexity index is 210. The zero-order valence-electron chi connectivity index (χ0n) is 10.8. The summed E-state index contributed by atoms with van der Waals surface area (Å²) in [7, 11) is 0. The van der Waals surface area contributed by atoms with Crippen LogP contribution < -0.4 is 10.6 Å². The summed E-state index contributed by atoms with van der Waals surface area (Å²) in [5.74, 6) is 0.211. The van der Waals surface area contributed by atoms with Crippen molar-refractivity contribution in [3.05, 3.63) is 0 Å².